The summed E-state index contributed by atoms with van der Waals surface area (Å²) in [6, 6.07) is 0.173. The number of aromatic nitrogens is 2. The zero-order valence-electron chi connectivity index (χ0n) is 8.84. The van der Waals surface area contributed by atoms with Crippen molar-refractivity contribution in [1.82, 2.24) is 15.1 Å². The Hall–Kier alpha value is -1.92. The van der Waals surface area contributed by atoms with Gasteiger partial charge in [-0.1, -0.05) is 0 Å². The van der Waals surface area contributed by atoms with Gasteiger partial charge in [-0.25, -0.2) is 0 Å². The van der Waals surface area contributed by atoms with Crippen LogP contribution in [-0.4, -0.2) is 26.7 Å². The topological polar surface area (TPSA) is 90.1 Å². The van der Waals surface area contributed by atoms with Gasteiger partial charge >= 0.3 is 5.69 Å². The molecule has 86 valence electrons. The summed E-state index contributed by atoms with van der Waals surface area (Å²) in [4.78, 5) is 21.9. The molecule has 0 unspecified atom stereocenters. The first-order chi connectivity index (χ1) is 7.63. The van der Waals surface area contributed by atoms with Gasteiger partial charge < -0.3 is 5.32 Å². The van der Waals surface area contributed by atoms with Crippen molar-refractivity contribution < 1.29 is 9.72 Å². The predicted octanol–water partition coefficient (Wildman–Crippen LogP) is 0.703. The minimum absolute atomic E-state index is 0.0411. The van der Waals surface area contributed by atoms with Crippen LogP contribution in [0.2, 0.25) is 0 Å². The fourth-order valence-corrected chi connectivity index (χ4v) is 1.46. The molecular weight excluding hydrogens is 212 g/mol. The van der Waals surface area contributed by atoms with Crippen LogP contribution in [-0.2, 0) is 6.54 Å². The molecule has 0 atom stereocenters. The van der Waals surface area contributed by atoms with E-state index >= 15 is 0 Å². The van der Waals surface area contributed by atoms with Crippen molar-refractivity contribution in [3.8, 4) is 0 Å². The fourth-order valence-electron chi connectivity index (χ4n) is 1.46. The Morgan fingerprint density at radius 2 is 2.44 bits per heavy atom. The van der Waals surface area contributed by atoms with Gasteiger partial charge in [-0.3, -0.25) is 19.6 Å². The van der Waals surface area contributed by atoms with Crippen molar-refractivity contribution in [1.29, 1.82) is 0 Å². The highest BCUT2D eigenvalue weighted by Gasteiger charge is 2.30. The van der Waals surface area contributed by atoms with E-state index in [9.17, 15) is 14.9 Å². The Bertz CT molecular complexity index is 436. The van der Waals surface area contributed by atoms with E-state index in [1.54, 1.807) is 6.92 Å². The van der Waals surface area contributed by atoms with Gasteiger partial charge in [0.2, 0.25) is 5.69 Å². The maximum atomic E-state index is 11.8. The Balaban J connectivity index is 2.30. The largest absolute Gasteiger partial charge is 0.348 e. The molecule has 7 nitrogen and oxygen atoms in total. The number of carbonyl (C=O) groups is 1. The maximum absolute atomic E-state index is 11.8. The second-order valence-corrected chi connectivity index (χ2v) is 3.70. The summed E-state index contributed by atoms with van der Waals surface area (Å²) in [6.07, 6.45) is 3.00. The van der Waals surface area contributed by atoms with Crippen LogP contribution in [0.25, 0.3) is 0 Å². The monoisotopic (exact) mass is 224 g/mol. The lowest BCUT2D eigenvalue weighted by molar-refractivity contribution is -0.385. The molecule has 0 saturated heterocycles. The van der Waals surface area contributed by atoms with E-state index in [0.29, 0.717) is 6.54 Å². The van der Waals surface area contributed by atoms with Gasteiger partial charge in [0.05, 0.1) is 4.92 Å². The van der Waals surface area contributed by atoms with Crippen LogP contribution in [0.4, 0.5) is 5.69 Å². The second-order valence-electron chi connectivity index (χ2n) is 3.70. The van der Waals surface area contributed by atoms with Crippen LogP contribution < -0.4 is 5.32 Å². The second kappa shape index (κ2) is 3.92. The summed E-state index contributed by atoms with van der Waals surface area (Å²) >= 11 is 0. The number of nitrogens with one attached hydrogen (secondary N) is 1. The Morgan fingerprint density at radius 1 is 1.75 bits per heavy atom. The molecule has 0 aromatic carbocycles. The number of nitrogens with zero attached hydrogens (tertiary/aromatic N) is 3. The zero-order chi connectivity index (χ0) is 11.7. The lowest BCUT2D eigenvalue weighted by Crippen LogP contribution is -2.28. The minimum Gasteiger partial charge on any atom is -0.348 e. The molecule has 2 rings (SSSR count). The first-order valence-electron chi connectivity index (χ1n) is 5.14. The highest BCUT2D eigenvalue weighted by molar-refractivity contribution is 5.96. The molecule has 0 bridgehead atoms. The van der Waals surface area contributed by atoms with Gasteiger partial charge in [0, 0.05) is 12.6 Å². The molecule has 0 spiro atoms. The normalized spacial score (nSPS) is 14.8. The van der Waals surface area contributed by atoms with Crippen molar-refractivity contribution in [3.05, 3.63) is 22.0 Å². The first-order valence-corrected chi connectivity index (χ1v) is 5.14. The molecule has 1 saturated carbocycles. The van der Waals surface area contributed by atoms with E-state index in [2.05, 4.69) is 10.4 Å². The van der Waals surface area contributed by atoms with E-state index < -0.39 is 10.8 Å². The highest BCUT2D eigenvalue weighted by Crippen LogP contribution is 2.22. The van der Waals surface area contributed by atoms with Crippen molar-refractivity contribution in [2.75, 3.05) is 0 Å². The molecule has 16 heavy (non-hydrogen) atoms. The summed E-state index contributed by atoms with van der Waals surface area (Å²) < 4.78 is 1.34. The SMILES string of the molecule is CCn1ncc([N+](=O)[O-])c1C(=O)NC1CC1. The van der Waals surface area contributed by atoms with Crippen LogP contribution >= 0.6 is 0 Å². The number of nitro groups is 1. The summed E-state index contributed by atoms with van der Waals surface area (Å²) in [7, 11) is 0. The molecule has 1 aromatic heterocycles. The smallest absolute Gasteiger partial charge is 0.320 e. The molecule has 7 heteroatoms. The Labute approximate surface area is 91.6 Å². The van der Waals surface area contributed by atoms with Crippen LogP contribution in [0.1, 0.15) is 30.3 Å². The van der Waals surface area contributed by atoms with Crippen LogP contribution in [0.15, 0.2) is 6.20 Å². The maximum Gasteiger partial charge on any atom is 0.320 e. The zero-order valence-corrected chi connectivity index (χ0v) is 8.84. The van der Waals surface area contributed by atoms with Crippen LogP contribution in [0, 0.1) is 10.1 Å². The molecule has 1 aliphatic carbocycles. The van der Waals surface area contributed by atoms with E-state index in [4.69, 9.17) is 0 Å². The summed E-state index contributed by atoms with van der Waals surface area (Å²) in [6.45, 7) is 2.21. The third-order valence-electron chi connectivity index (χ3n) is 2.44. The summed E-state index contributed by atoms with van der Waals surface area (Å²) in [5, 5.41) is 17.3. The van der Waals surface area contributed by atoms with Gasteiger partial charge in [0.1, 0.15) is 6.20 Å². The Morgan fingerprint density at radius 3 is 2.94 bits per heavy atom. The fraction of sp³-hybridized carbons (Fsp3) is 0.556. The van der Waals surface area contributed by atoms with Gasteiger partial charge in [0.15, 0.2) is 0 Å². The molecular formula is C9H12N4O3. The molecule has 1 N–H and O–H groups in total. The molecule has 0 radical (unpaired) electrons. The number of rotatable bonds is 4. The van der Waals surface area contributed by atoms with Gasteiger partial charge in [-0.05, 0) is 19.8 Å². The average molecular weight is 224 g/mol. The number of hydrogen-bond acceptors (Lipinski definition) is 4. The summed E-state index contributed by atoms with van der Waals surface area (Å²) in [5.41, 5.74) is -0.195. The van der Waals surface area contributed by atoms with Gasteiger partial charge in [-0.15, -0.1) is 0 Å². The number of amides is 1. The minimum atomic E-state index is -0.582. The van der Waals surface area contributed by atoms with Gasteiger partial charge in [0.25, 0.3) is 5.91 Å². The third kappa shape index (κ3) is 1.88. The first kappa shape index (κ1) is 10.6. The molecule has 0 aliphatic heterocycles. The van der Waals surface area contributed by atoms with Crippen molar-refractivity contribution in [3.63, 3.8) is 0 Å². The lowest BCUT2D eigenvalue weighted by atomic mass is 10.3. The lowest BCUT2D eigenvalue weighted by Gasteiger charge is -2.04. The molecule has 1 aliphatic rings. The van der Waals surface area contributed by atoms with Crippen molar-refractivity contribution in [2.45, 2.75) is 32.4 Å². The van der Waals surface area contributed by atoms with E-state index in [0.717, 1.165) is 19.0 Å². The predicted molar refractivity (Wildman–Crippen MR) is 55.0 cm³/mol. The number of carbonyl (C=O) groups excluding carboxylic acids is 1. The number of hydrogen-bond donors (Lipinski definition) is 1. The van der Waals surface area contributed by atoms with Gasteiger partial charge in [-0.2, -0.15) is 5.10 Å². The molecule has 1 aromatic rings. The van der Waals surface area contributed by atoms with Crippen molar-refractivity contribution in [2.24, 2.45) is 0 Å². The third-order valence-corrected chi connectivity index (χ3v) is 2.44. The summed E-state index contributed by atoms with van der Waals surface area (Å²) in [5.74, 6) is -0.409. The molecule has 1 amide bonds. The van der Waals surface area contributed by atoms with E-state index in [-0.39, 0.29) is 17.4 Å². The van der Waals surface area contributed by atoms with Crippen LogP contribution in [0.5, 0.6) is 0 Å². The van der Waals surface area contributed by atoms with Crippen LogP contribution in [0.3, 0.4) is 0 Å². The molecule has 1 heterocycles. The molecule has 1 fully saturated rings. The van der Waals surface area contributed by atoms with E-state index in [1.165, 1.54) is 4.68 Å². The number of aryl methyl sites for hydroxylation is 1. The quantitative estimate of drug-likeness (QED) is 0.602. The standard InChI is InChI=1S/C9H12N4O3/c1-2-12-8(7(5-10-12)13(15)16)9(14)11-6-3-4-6/h5-6H,2-4H2,1H3,(H,11,14). The van der Waals surface area contributed by atoms with E-state index in [1.807, 2.05) is 0 Å². The van der Waals surface area contributed by atoms with Crippen molar-refractivity contribution >= 4 is 11.6 Å². The Kier molecular flexibility index (Phi) is 2.59. The highest BCUT2D eigenvalue weighted by atomic mass is 16.6. The average Bonchev–Trinajstić information content (AvgIpc) is 2.94.